The van der Waals surface area contributed by atoms with Crippen LogP contribution in [0.3, 0.4) is 0 Å². The van der Waals surface area contributed by atoms with Gasteiger partial charge in [-0.1, -0.05) is 38.1 Å². The number of rotatable bonds is 5. The van der Waals surface area contributed by atoms with Crippen LogP contribution in [0.4, 0.5) is 0 Å². The van der Waals surface area contributed by atoms with Gasteiger partial charge in [-0.25, -0.2) is 4.98 Å². The highest BCUT2D eigenvalue weighted by Crippen LogP contribution is 2.44. The van der Waals surface area contributed by atoms with Crippen molar-refractivity contribution in [2.45, 2.75) is 44.4 Å². The van der Waals surface area contributed by atoms with Gasteiger partial charge in [0.15, 0.2) is 5.65 Å². The Morgan fingerprint density at radius 3 is 2.83 bits per heavy atom. The van der Waals surface area contributed by atoms with Crippen molar-refractivity contribution < 1.29 is 0 Å². The molecule has 1 fully saturated rings. The molecule has 1 atom stereocenters. The molecule has 0 spiro atoms. The molecule has 4 rings (SSSR count). The normalized spacial score (nSPS) is 17.1. The van der Waals surface area contributed by atoms with E-state index in [0.29, 0.717) is 12.5 Å². The van der Waals surface area contributed by atoms with Gasteiger partial charge < -0.3 is 5.73 Å². The first-order valence-electron chi connectivity index (χ1n) is 8.80. The Bertz CT molecular complexity index is 872. The van der Waals surface area contributed by atoms with Gasteiger partial charge in [0, 0.05) is 29.8 Å². The molecule has 1 unspecified atom stereocenters. The number of H-pyrrole nitrogens is 1. The minimum Gasteiger partial charge on any atom is -0.330 e. The molecule has 4 nitrogen and oxygen atoms in total. The minimum absolute atomic E-state index is 0.0118. The van der Waals surface area contributed by atoms with Crippen molar-refractivity contribution in [3.63, 3.8) is 0 Å². The highest BCUT2D eigenvalue weighted by molar-refractivity contribution is 5.95. The molecule has 1 aliphatic rings. The van der Waals surface area contributed by atoms with Crippen LogP contribution in [0.1, 0.15) is 50.3 Å². The Morgan fingerprint density at radius 2 is 2.12 bits per heavy atom. The number of benzene rings is 1. The smallest absolute Gasteiger partial charge is 0.181 e. The van der Waals surface area contributed by atoms with Crippen molar-refractivity contribution in [1.82, 2.24) is 15.2 Å². The second kappa shape index (κ2) is 5.71. The maximum Gasteiger partial charge on any atom is 0.181 e. The molecule has 2 heterocycles. The predicted molar refractivity (Wildman–Crippen MR) is 98.0 cm³/mol. The van der Waals surface area contributed by atoms with E-state index in [9.17, 15) is 0 Å². The van der Waals surface area contributed by atoms with Crippen LogP contribution in [0.5, 0.6) is 0 Å². The summed E-state index contributed by atoms with van der Waals surface area (Å²) >= 11 is 0. The number of fused-ring (bicyclic) bond motifs is 1. The van der Waals surface area contributed by atoms with Crippen LogP contribution in [-0.4, -0.2) is 21.7 Å². The fourth-order valence-electron chi connectivity index (χ4n) is 3.41. The summed E-state index contributed by atoms with van der Waals surface area (Å²) in [4.78, 5) is 4.44. The Hall–Kier alpha value is -2.20. The van der Waals surface area contributed by atoms with Gasteiger partial charge in [0.1, 0.15) is 0 Å². The van der Waals surface area contributed by atoms with E-state index in [4.69, 9.17) is 5.73 Å². The average molecular weight is 320 g/mol. The summed E-state index contributed by atoms with van der Waals surface area (Å²) in [6.45, 7) is 5.09. The topological polar surface area (TPSA) is 67.6 Å². The lowest BCUT2D eigenvalue weighted by molar-refractivity contribution is 0.467. The third kappa shape index (κ3) is 2.42. The summed E-state index contributed by atoms with van der Waals surface area (Å²) in [6.07, 6.45) is 5.36. The van der Waals surface area contributed by atoms with E-state index < -0.39 is 0 Å². The zero-order valence-corrected chi connectivity index (χ0v) is 14.3. The van der Waals surface area contributed by atoms with E-state index in [1.807, 2.05) is 6.20 Å². The van der Waals surface area contributed by atoms with Gasteiger partial charge in [0.2, 0.25) is 0 Å². The van der Waals surface area contributed by atoms with Crippen LogP contribution in [-0.2, 0) is 5.41 Å². The molecule has 1 saturated carbocycles. The molecule has 4 heteroatoms. The third-order valence-electron chi connectivity index (χ3n) is 5.57. The third-order valence-corrected chi connectivity index (χ3v) is 5.57. The maximum absolute atomic E-state index is 6.06. The predicted octanol–water partition coefficient (Wildman–Crippen LogP) is 4.13. The van der Waals surface area contributed by atoms with Gasteiger partial charge in [-0.15, -0.1) is 0 Å². The molecule has 2 aromatic heterocycles. The lowest BCUT2D eigenvalue weighted by atomic mass is 9.79. The summed E-state index contributed by atoms with van der Waals surface area (Å²) in [5.74, 6) is 0.617. The molecular weight excluding hydrogens is 296 g/mol. The summed E-state index contributed by atoms with van der Waals surface area (Å²) < 4.78 is 0. The molecule has 1 aromatic carbocycles. The maximum atomic E-state index is 6.06. The van der Waals surface area contributed by atoms with E-state index in [1.165, 1.54) is 40.6 Å². The molecule has 3 aromatic rings. The fraction of sp³-hybridized carbons (Fsp3) is 0.400. The highest BCUT2D eigenvalue weighted by atomic mass is 15.2. The van der Waals surface area contributed by atoms with Crippen LogP contribution < -0.4 is 5.73 Å². The Kier molecular flexibility index (Phi) is 3.65. The van der Waals surface area contributed by atoms with Gasteiger partial charge in [0.25, 0.3) is 0 Å². The largest absolute Gasteiger partial charge is 0.330 e. The lowest BCUT2D eigenvalue weighted by Crippen LogP contribution is -2.30. The number of nitrogens with one attached hydrogen (secondary N) is 1. The van der Waals surface area contributed by atoms with Gasteiger partial charge in [-0.3, -0.25) is 5.10 Å². The van der Waals surface area contributed by atoms with Crippen molar-refractivity contribution in [2.75, 3.05) is 6.54 Å². The molecule has 1 aliphatic carbocycles. The highest BCUT2D eigenvalue weighted by Gasteiger charge is 2.29. The molecule has 0 radical (unpaired) electrons. The second-order valence-electron chi connectivity index (χ2n) is 7.17. The first kappa shape index (κ1) is 15.3. The van der Waals surface area contributed by atoms with E-state index in [1.54, 1.807) is 0 Å². The standard InChI is InChI=1S/C20H24N4/c1-3-20(2,12-21)15-6-4-5-14(11-15)16-9-10-22-19-17(16)18(23-24-19)13-7-8-13/h4-6,9-11,13H,3,7-8,12,21H2,1-2H3,(H,22,23,24). The monoisotopic (exact) mass is 320 g/mol. The van der Waals surface area contributed by atoms with Crippen LogP contribution in [0.2, 0.25) is 0 Å². The molecule has 0 bridgehead atoms. The SMILES string of the molecule is CCC(C)(CN)c1cccc(-c2ccnc3n[nH]c(C4CC4)c23)c1. The van der Waals surface area contributed by atoms with Crippen molar-refractivity contribution in [1.29, 1.82) is 0 Å². The van der Waals surface area contributed by atoms with E-state index >= 15 is 0 Å². The number of nitrogens with two attached hydrogens (primary N) is 1. The van der Waals surface area contributed by atoms with Crippen LogP contribution >= 0.6 is 0 Å². The zero-order chi connectivity index (χ0) is 16.7. The van der Waals surface area contributed by atoms with Crippen LogP contribution in [0.15, 0.2) is 36.5 Å². The fourth-order valence-corrected chi connectivity index (χ4v) is 3.41. The van der Waals surface area contributed by atoms with Crippen LogP contribution in [0, 0.1) is 0 Å². The Morgan fingerprint density at radius 1 is 1.29 bits per heavy atom. The molecule has 3 N–H and O–H groups in total. The van der Waals surface area contributed by atoms with Crippen molar-refractivity contribution >= 4 is 11.0 Å². The number of hydrogen-bond donors (Lipinski definition) is 2. The summed E-state index contributed by atoms with van der Waals surface area (Å²) in [6, 6.07) is 10.9. The number of nitrogens with zero attached hydrogens (tertiary/aromatic N) is 2. The molecule has 0 amide bonds. The van der Waals surface area contributed by atoms with Gasteiger partial charge in [-0.2, -0.15) is 5.10 Å². The average Bonchev–Trinajstić information content (AvgIpc) is 3.39. The molecule has 124 valence electrons. The first-order chi connectivity index (χ1) is 11.7. The lowest BCUT2D eigenvalue weighted by Gasteiger charge is -2.27. The van der Waals surface area contributed by atoms with Gasteiger partial charge in [-0.05, 0) is 42.0 Å². The van der Waals surface area contributed by atoms with Crippen molar-refractivity contribution in [3.8, 4) is 11.1 Å². The number of aromatic nitrogens is 3. The Labute approximate surface area is 142 Å². The summed E-state index contributed by atoms with van der Waals surface area (Å²) in [7, 11) is 0. The number of aromatic amines is 1. The van der Waals surface area contributed by atoms with Crippen molar-refractivity contribution in [3.05, 3.63) is 47.8 Å². The van der Waals surface area contributed by atoms with Crippen molar-refractivity contribution in [2.24, 2.45) is 5.73 Å². The van der Waals surface area contributed by atoms with E-state index in [-0.39, 0.29) is 5.41 Å². The zero-order valence-electron chi connectivity index (χ0n) is 14.3. The molecule has 24 heavy (non-hydrogen) atoms. The van der Waals surface area contributed by atoms with E-state index in [0.717, 1.165) is 12.1 Å². The molecule has 0 aliphatic heterocycles. The molecule has 0 saturated heterocycles. The van der Waals surface area contributed by atoms with E-state index in [2.05, 4.69) is 59.4 Å². The quantitative estimate of drug-likeness (QED) is 0.743. The summed E-state index contributed by atoms with van der Waals surface area (Å²) in [5, 5.41) is 8.82. The minimum atomic E-state index is 0.0118. The van der Waals surface area contributed by atoms with Gasteiger partial charge in [0.05, 0.1) is 5.39 Å². The molecular formula is C20H24N4. The van der Waals surface area contributed by atoms with Crippen LogP contribution in [0.25, 0.3) is 22.2 Å². The number of hydrogen-bond acceptors (Lipinski definition) is 3. The second-order valence-corrected chi connectivity index (χ2v) is 7.17. The van der Waals surface area contributed by atoms with Gasteiger partial charge >= 0.3 is 0 Å². The Balaban J connectivity index is 1.88. The summed E-state index contributed by atoms with van der Waals surface area (Å²) in [5.41, 5.74) is 11.9. The number of pyridine rings is 1. The first-order valence-corrected chi connectivity index (χ1v) is 8.80.